The number of aromatic amines is 1. The van der Waals surface area contributed by atoms with Crippen molar-refractivity contribution in [2.24, 2.45) is 0 Å². The number of unbranched alkanes of at least 4 members (excludes halogenated alkanes) is 4. The lowest BCUT2D eigenvalue weighted by atomic mass is 10.0. The summed E-state index contributed by atoms with van der Waals surface area (Å²) in [5, 5.41) is 0. The molecule has 0 aromatic carbocycles. The minimum atomic E-state index is -0.236. The molecule has 0 radical (unpaired) electrons. The number of carbonyl (C=O) groups is 1. The van der Waals surface area contributed by atoms with Crippen LogP contribution in [-0.4, -0.2) is 17.6 Å². The molecule has 0 aliphatic rings. The van der Waals surface area contributed by atoms with Gasteiger partial charge in [0.1, 0.15) is 5.69 Å². The Morgan fingerprint density at radius 3 is 2.42 bits per heavy atom. The van der Waals surface area contributed by atoms with E-state index in [1.165, 1.54) is 37.7 Å². The third kappa shape index (κ3) is 4.41. The number of carbonyl (C=O) groups excluding carboxylic acids is 1. The van der Waals surface area contributed by atoms with Gasteiger partial charge in [0.2, 0.25) is 0 Å². The molecule has 0 spiro atoms. The quantitative estimate of drug-likeness (QED) is 0.562. The Morgan fingerprint density at radius 2 is 1.79 bits per heavy atom. The van der Waals surface area contributed by atoms with Gasteiger partial charge in [-0.3, -0.25) is 0 Å². The molecule has 0 saturated heterocycles. The zero-order chi connectivity index (χ0) is 14.3. The van der Waals surface area contributed by atoms with Crippen LogP contribution in [-0.2, 0) is 11.2 Å². The third-order valence-electron chi connectivity index (χ3n) is 3.60. The summed E-state index contributed by atoms with van der Waals surface area (Å²) >= 11 is 0. The van der Waals surface area contributed by atoms with E-state index in [-0.39, 0.29) is 5.97 Å². The van der Waals surface area contributed by atoms with Crippen LogP contribution >= 0.6 is 0 Å². The average Bonchev–Trinajstić information content (AvgIpc) is 2.66. The maximum Gasteiger partial charge on any atom is 0.355 e. The maximum absolute atomic E-state index is 11.8. The number of nitrogens with one attached hydrogen (secondary N) is 1. The fourth-order valence-electron chi connectivity index (χ4n) is 2.48. The summed E-state index contributed by atoms with van der Waals surface area (Å²) in [5.41, 5.74) is 4.09. The number of aromatic nitrogens is 1. The summed E-state index contributed by atoms with van der Waals surface area (Å²) in [6.07, 6.45) is 7.42. The van der Waals surface area contributed by atoms with Gasteiger partial charge in [-0.2, -0.15) is 0 Å². The molecule has 0 atom stereocenters. The van der Waals surface area contributed by atoms with Gasteiger partial charge < -0.3 is 9.72 Å². The molecule has 1 N–H and O–H groups in total. The van der Waals surface area contributed by atoms with Gasteiger partial charge in [0.25, 0.3) is 0 Å². The summed E-state index contributed by atoms with van der Waals surface area (Å²) in [6.45, 7) is 8.53. The molecule has 1 aromatic heterocycles. The van der Waals surface area contributed by atoms with Crippen molar-refractivity contribution in [2.45, 2.75) is 66.2 Å². The van der Waals surface area contributed by atoms with E-state index < -0.39 is 0 Å². The first kappa shape index (κ1) is 15.8. The average molecular weight is 265 g/mol. The van der Waals surface area contributed by atoms with Crippen LogP contribution in [0.5, 0.6) is 0 Å². The topological polar surface area (TPSA) is 42.1 Å². The molecule has 19 heavy (non-hydrogen) atoms. The fraction of sp³-hybridized carbons (Fsp3) is 0.688. The molecule has 3 nitrogen and oxygen atoms in total. The Hall–Kier alpha value is -1.25. The molecule has 108 valence electrons. The lowest BCUT2D eigenvalue weighted by molar-refractivity contribution is 0.0519. The summed E-state index contributed by atoms with van der Waals surface area (Å²) in [6, 6.07) is 0. The third-order valence-corrected chi connectivity index (χ3v) is 3.60. The van der Waals surface area contributed by atoms with Crippen LogP contribution < -0.4 is 0 Å². The zero-order valence-corrected chi connectivity index (χ0v) is 12.8. The van der Waals surface area contributed by atoms with Crippen LogP contribution in [0.2, 0.25) is 0 Å². The number of esters is 1. The fourth-order valence-corrected chi connectivity index (χ4v) is 2.48. The maximum atomic E-state index is 11.8. The number of hydrogen-bond acceptors (Lipinski definition) is 2. The minimum Gasteiger partial charge on any atom is -0.461 e. The van der Waals surface area contributed by atoms with Gasteiger partial charge in [0.15, 0.2) is 0 Å². The highest BCUT2D eigenvalue weighted by molar-refractivity contribution is 5.89. The predicted molar refractivity (Wildman–Crippen MR) is 78.7 cm³/mol. The van der Waals surface area contributed by atoms with E-state index in [0.717, 1.165) is 17.7 Å². The summed E-state index contributed by atoms with van der Waals surface area (Å²) in [7, 11) is 0. The van der Waals surface area contributed by atoms with E-state index in [4.69, 9.17) is 4.74 Å². The van der Waals surface area contributed by atoms with E-state index >= 15 is 0 Å². The van der Waals surface area contributed by atoms with Crippen LogP contribution in [0.15, 0.2) is 0 Å². The highest BCUT2D eigenvalue weighted by atomic mass is 16.5. The molecule has 0 aliphatic heterocycles. The van der Waals surface area contributed by atoms with Crippen molar-refractivity contribution in [1.29, 1.82) is 0 Å². The molecular weight excluding hydrogens is 238 g/mol. The monoisotopic (exact) mass is 265 g/mol. The van der Waals surface area contributed by atoms with E-state index in [0.29, 0.717) is 12.3 Å². The number of rotatable bonds is 8. The second kappa shape index (κ2) is 8.03. The van der Waals surface area contributed by atoms with Crippen molar-refractivity contribution in [3.8, 4) is 0 Å². The van der Waals surface area contributed by atoms with Crippen LogP contribution in [0.4, 0.5) is 0 Å². The van der Waals surface area contributed by atoms with Crippen LogP contribution in [0.3, 0.4) is 0 Å². The Morgan fingerprint density at radius 1 is 1.11 bits per heavy atom. The summed E-state index contributed by atoms with van der Waals surface area (Å²) in [4.78, 5) is 15.0. The normalized spacial score (nSPS) is 10.7. The Bertz CT molecular complexity index is 407. The molecule has 0 bridgehead atoms. The first-order valence-electron chi connectivity index (χ1n) is 7.46. The van der Waals surface area contributed by atoms with Crippen molar-refractivity contribution < 1.29 is 9.53 Å². The van der Waals surface area contributed by atoms with Gasteiger partial charge >= 0.3 is 5.97 Å². The lowest BCUT2D eigenvalue weighted by Crippen LogP contribution is -2.06. The van der Waals surface area contributed by atoms with Crippen molar-refractivity contribution in [2.75, 3.05) is 6.61 Å². The molecule has 1 rings (SSSR count). The molecule has 0 aliphatic carbocycles. The Labute approximate surface area is 116 Å². The second-order valence-electron chi connectivity index (χ2n) is 5.11. The van der Waals surface area contributed by atoms with E-state index in [1.54, 1.807) is 0 Å². The molecular formula is C16H27NO2. The van der Waals surface area contributed by atoms with Crippen molar-refractivity contribution in [3.05, 3.63) is 22.5 Å². The van der Waals surface area contributed by atoms with E-state index in [2.05, 4.69) is 11.9 Å². The van der Waals surface area contributed by atoms with E-state index in [1.807, 2.05) is 20.8 Å². The minimum absolute atomic E-state index is 0.236. The highest BCUT2D eigenvalue weighted by Crippen LogP contribution is 2.21. The molecule has 0 fully saturated rings. The summed E-state index contributed by atoms with van der Waals surface area (Å²) < 4.78 is 5.06. The smallest absolute Gasteiger partial charge is 0.355 e. The molecule has 1 aromatic rings. The SMILES string of the molecule is CCCCCCCc1c(C)[nH]c(C(=O)OCC)c1C. The van der Waals surface area contributed by atoms with Gasteiger partial charge in [-0.15, -0.1) is 0 Å². The molecule has 0 saturated carbocycles. The van der Waals surface area contributed by atoms with Crippen LogP contribution in [0.1, 0.15) is 73.3 Å². The van der Waals surface area contributed by atoms with Crippen LogP contribution in [0, 0.1) is 13.8 Å². The number of ether oxygens (including phenoxy) is 1. The molecule has 0 unspecified atom stereocenters. The van der Waals surface area contributed by atoms with Crippen molar-refractivity contribution >= 4 is 5.97 Å². The number of aryl methyl sites for hydroxylation is 1. The highest BCUT2D eigenvalue weighted by Gasteiger charge is 2.17. The van der Waals surface area contributed by atoms with Gasteiger partial charge in [-0.1, -0.05) is 32.6 Å². The molecule has 3 heteroatoms. The Kier molecular flexibility index (Phi) is 6.68. The zero-order valence-electron chi connectivity index (χ0n) is 12.8. The van der Waals surface area contributed by atoms with Crippen molar-refractivity contribution in [3.63, 3.8) is 0 Å². The van der Waals surface area contributed by atoms with Gasteiger partial charge in [-0.25, -0.2) is 4.79 Å². The van der Waals surface area contributed by atoms with Gasteiger partial charge in [0.05, 0.1) is 6.61 Å². The molecule has 0 amide bonds. The predicted octanol–water partition coefficient (Wildman–Crippen LogP) is 4.32. The first-order chi connectivity index (χ1) is 9.11. The Balaban J connectivity index is 2.61. The summed E-state index contributed by atoms with van der Waals surface area (Å²) in [5.74, 6) is -0.236. The second-order valence-corrected chi connectivity index (χ2v) is 5.11. The van der Waals surface area contributed by atoms with Gasteiger partial charge in [0, 0.05) is 5.69 Å². The standard InChI is InChI=1S/C16H27NO2/c1-5-7-8-9-10-11-14-12(3)15(17-13(14)4)16(18)19-6-2/h17H,5-11H2,1-4H3. The van der Waals surface area contributed by atoms with E-state index in [9.17, 15) is 4.79 Å². The van der Waals surface area contributed by atoms with Gasteiger partial charge in [-0.05, 0) is 44.7 Å². The number of hydrogen-bond donors (Lipinski definition) is 1. The van der Waals surface area contributed by atoms with Crippen LogP contribution in [0.25, 0.3) is 0 Å². The lowest BCUT2D eigenvalue weighted by Gasteiger charge is -2.03. The first-order valence-corrected chi connectivity index (χ1v) is 7.46. The van der Waals surface area contributed by atoms with Crippen molar-refractivity contribution in [1.82, 2.24) is 4.98 Å². The molecule has 1 heterocycles. The number of H-pyrrole nitrogens is 1. The largest absolute Gasteiger partial charge is 0.461 e.